The monoisotopic (exact) mass is 308 g/mol. The quantitative estimate of drug-likeness (QED) is 0.811. The van der Waals surface area contributed by atoms with Gasteiger partial charge in [-0.2, -0.15) is 0 Å². The third kappa shape index (κ3) is 4.60. The van der Waals surface area contributed by atoms with Crippen molar-refractivity contribution in [2.75, 3.05) is 24.4 Å². The van der Waals surface area contributed by atoms with Crippen molar-refractivity contribution >= 4 is 39.5 Å². The van der Waals surface area contributed by atoms with Gasteiger partial charge in [-0.05, 0) is 19.1 Å². The highest BCUT2D eigenvalue weighted by molar-refractivity contribution is 7.92. The number of carbonyl (C=O) groups is 1. The number of rotatable bonds is 4. The molecule has 0 aliphatic rings. The van der Waals surface area contributed by atoms with E-state index in [9.17, 15) is 13.2 Å². The molecule has 0 aromatic heterocycles. The number of benzene rings is 1. The average Bonchev–Trinajstić information content (AvgIpc) is 2.29. The Morgan fingerprint density at radius 3 is 2.47 bits per heavy atom. The summed E-state index contributed by atoms with van der Waals surface area (Å²) < 4.78 is 27.5. The van der Waals surface area contributed by atoms with E-state index in [2.05, 4.69) is 5.32 Å². The number of hydrogen-bond acceptors (Lipinski definition) is 5. The maximum atomic E-state index is 11.7. The molecule has 0 saturated carbocycles. The molecular weight excluding hydrogens is 292 g/mol. The summed E-state index contributed by atoms with van der Waals surface area (Å²) in [6.45, 7) is 1.32. The molecule has 1 aromatic carbocycles. The lowest BCUT2D eigenvalue weighted by atomic mass is 10.2. The lowest BCUT2D eigenvalue weighted by molar-refractivity contribution is -0.115. The molecule has 0 heterocycles. The topological polar surface area (TPSA) is 98.5 Å². The smallest absolute Gasteiger partial charge is 0.242 e. The van der Waals surface area contributed by atoms with Crippen molar-refractivity contribution in [3.05, 3.63) is 18.2 Å². The molecule has 0 aliphatic carbocycles. The van der Waals surface area contributed by atoms with Crippen LogP contribution < -0.4 is 15.8 Å². The van der Waals surface area contributed by atoms with E-state index < -0.39 is 21.0 Å². The number of anilines is 2. The van der Waals surface area contributed by atoms with Crippen LogP contribution in [0.25, 0.3) is 0 Å². The minimum Gasteiger partial charge on any atom is -0.497 e. The highest BCUT2D eigenvalue weighted by Crippen LogP contribution is 2.24. The Kier molecular flexibility index (Phi) is 6.11. The van der Waals surface area contributed by atoms with Gasteiger partial charge in [0.05, 0.1) is 18.5 Å². The van der Waals surface area contributed by atoms with Gasteiger partial charge in [0, 0.05) is 12.3 Å². The molecule has 0 aliphatic heterocycles. The van der Waals surface area contributed by atoms with E-state index in [1.165, 1.54) is 20.1 Å². The molecule has 0 saturated heterocycles. The Morgan fingerprint density at radius 2 is 2.00 bits per heavy atom. The van der Waals surface area contributed by atoms with Crippen LogP contribution in [0, 0.1) is 0 Å². The molecule has 1 rings (SSSR count). The van der Waals surface area contributed by atoms with Crippen LogP contribution in [0.3, 0.4) is 0 Å². The van der Waals surface area contributed by atoms with Gasteiger partial charge in [-0.1, -0.05) is 0 Å². The fraction of sp³-hybridized carbons (Fsp3) is 0.364. The number of carbonyl (C=O) groups excluding carboxylic acids is 1. The van der Waals surface area contributed by atoms with Crippen molar-refractivity contribution < 1.29 is 17.9 Å². The minimum atomic E-state index is -3.43. The van der Waals surface area contributed by atoms with Gasteiger partial charge in [0.15, 0.2) is 9.84 Å². The summed E-state index contributed by atoms with van der Waals surface area (Å²) in [5.74, 6) is -0.107. The summed E-state index contributed by atoms with van der Waals surface area (Å²) in [7, 11) is -1.95. The van der Waals surface area contributed by atoms with Crippen LogP contribution >= 0.6 is 12.4 Å². The zero-order chi connectivity index (χ0) is 13.9. The predicted molar refractivity (Wildman–Crippen MR) is 77.6 cm³/mol. The number of nitrogens with one attached hydrogen (secondary N) is 1. The number of amides is 1. The van der Waals surface area contributed by atoms with E-state index >= 15 is 0 Å². The molecule has 3 N–H and O–H groups in total. The van der Waals surface area contributed by atoms with Crippen molar-refractivity contribution in [1.82, 2.24) is 0 Å². The van der Waals surface area contributed by atoms with Gasteiger partial charge in [-0.25, -0.2) is 8.42 Å². The molecule has 108 valence electrons. The van der Waals surface area contributed by atoms with Gasteiger partial charge >= 0.3 is 0 Å². The number of sulfone groups is 1. The molecule has 0 spiro atoms. The second-order valence-electron chi connectivity index (χ2n) is 3.91. The molecule has 8 heteroatoms. The van der Waals surface area contributed by atoms with Crippen LogP contribution in [0.2, 0.25) is 0 Å². The van der Waals surface area contributed by atoms with Crippen molar-refractivity contribution in [3.63, 3.8) is 0 Å². The molecule has 1 atom stereocenters. The van der Waals surface area contributed by atoms with Crippen LogP contribution in [0.5, 0.6) is 5.75 Å². The number of nitrogens with two attached hydrogens (primary N) is 1. The highest BCUT2D eigenvalue weighted by atomic mass is 35.5. The summed E-state index contributed by atoms with van der Waals surface area (Å²) >= 11 is 0. The van der Waals surface area contributed by atoms with Crippen molar-refractivity contribution in [2.45, 2.75) is 12.2 Å². The van der Waals surface area contributed by atoms with Crippen LogP contribution in [0.15, 0.2) is 18.2 Å². The number of halogens is 1. The summed E-state index contributed by atoms with van der Waals surface area (Å²) in [6, 6.07) is 4.74. The number of ether oxygens (including phenoxy) is 1. The second-order valence-corrected chi connectivity index (χ2v) is 6.28. The fourth-order valence-corrected chi connectivity index (χ4v) is 1.65. The van der Waals surface area contributed by atoms with Crippen LogP contribution in [0.1, 0.15) is 6.92 Å². The van der Waals surface area contributed by atoms with Gasteiger partial charge in [-0.15, -0.1) is 12.4 Å². The Morgan fingerprint density at radius 1 is 1.42 bits per heavy atom. The first-order valence-electron chi connectivity index (χ1n) is 5.19. The minimum absolute atomic E-state index is 0. The van der Waals surface area contributed by atoms with Gasteiger partial charge in [0.2, 0.25) is 5.91 Å². The first-order chi connectivity index (χ1) is 8.25. The third-order valence-electron chi connectivity index (χ3n) is 2.53. The number of methoxy groups -OCH3 is 1. The molecule has 0 bridgehead atoms. The molecule has 6 nitrogen and oxygen atoms in total. The molecular formula is C11H17ClN2O4S. The summed E-state index contributed by atoms with van der Waals surface area (Å²) in [4.78, 5) is 11.7. The summed E-state index contributed by atoms with van der Waals surface area (Å²) in [5.41, 5.74) is 6.35. The first kappa shape index (κ1) is 17.5. The first-order valence-corrected chi connectivity index (χ1v) is 7.14. The zero-order valence-corrected chi connectivity index (χ0v) is 12.5. The van der Waals surface area contributed by atoms with E-state index in [1.807, 2.05) is 0 Å². The molecule has 0 fully saturated rings. The summed E-state index contributed by atoms with van der Waals surface area (Å²) in [5, 5.41) is 1.33. The molecule has 1 aromatic rings. The van der Waals surface area contributed by atoms with Crippen LogP contribution in [-0.4, -0.2) is 32.9 Å². The molecule has 0 radical (unpaired) electrons. The Labute approximate surface area is 118 Å². The Balaban J connectivity index is 0.00000324. The average molecular weight is 309 g/mol. The van der Waals surface area contributed by atoms with Crippen LogP contribution in [0.4, 0.5) is 11.4 Å². The predicted octanol–water partition coefficient (Wildman–Crippen LogP) is 1.07. The van der Waals surface area contributed by atoms with Crippen LogP contribution in [-0.2, 0) is 14.6 Å². The second kappa shape index (κ2) is 6.63. The SMILES string of the molecule is COc1ccc(N)c(NC(=O)C(C)S(C)(=O)=O)c1.Cl. The van der Waals surface area contributed by atoms with E-state index in [-0.39, 0.29) is 12.4 Å². The Bertz CT molecular complexity index is 560. The van der Waals surface area contributed by atoms with Gasteiger partial charge in [0.1, 0.15) is 11.0 Å². The van der Waals surface area contributed by atoms with Crippen molar-refractivity contribution in [1.29, 1.82) is 0 Å². The maximum Gasteiger partial charge on any atom is 0.242 e. The molecule has 1 amide bonds. The zero-order valence-electron chi connectivity index (χ0n) is 10.8. The van der Waals surface area contributed by atoms with Gasteiger partial charge in [0.25, 0.3) is 0 Å². The Hall–Kier alpha value is -1.47. The number of nitrogen functional groups attached to an aromatic ring is 1. The normalized spacial score (nSPS) is 12.2. The number of hydrogen-bond donors (Lipinski definition) is 2. The van der Waals surface area contributed by atoms with E-state index in [0.717, 1.165) is 6.26 Å². The highest BCUT2D eigenvalue weighted by Gasteiger charge is 2.24. The lowest BCUT2D eigenvalue weighted by Crippen LogP contribution is -2.32. The largest absolute Gasteiger partial charge is 0.497 e. The fourth-order valence-electron chi connectivity index (χ4n) is 1.20. The van der Waals surface area contributed by atoms with Crippen molar-refractivity contribution in [3.8, 4) is 5.75 Å². The van der Waals surface area contributed by atoms with E-state index in [0.29, 0.717) is 17.1 Å². The summed E-state index contributed by atoms with van der Waals surface area (Å²) in [6.07, 6.45) is 1.01. The molecule has 1 unspecified atom stereocenters. The third-order valence-corrected chi connectivity index (χ3v) is 4.03. The maximum absolute atomic E-state index is 11.7. The van der Waals surface area contributed by atoms with Gasteiger partial charge in [-0.3, -0.25) is 4.79 Å². The van der Waals surface area contributed by atoms with Gasteiger partial charge < -0.3 is 15.8 Å². The standard InChI is InChI=1S/C11H16N2O4S.ClH/c1-7(18(3,15)16)11(14)13-10-6-8(17-2)4-5-9(10)12;/h4-7H,12H2,1-3H3,(H,13,14);1H. The van der Waals surface area contributed by atoms with Crippen molar-refractivity contribution in [2.24, 2.45) is 0 Å². The van der Waals surface area contributed by atoms with E-state index in [4.69, 9.17) is 10.5 Å². The molecule has 19 heavy (non-hydrogen) atoms. The van der Waals surface area contributed by atoms with E-state index in [1.54, 1.807) is 12.1 Å². The lowest BCUT2D eigenvalue weighted by Gasteiger charge is -2.13.